The van der Waals surface area contributed by atoms with Gasteiger partial charge in [-0.25, -0.2) is 0 Å². The molecule has 114 valence electrons. The van der Waals surface area contributed by atoms with Crippen molar-refractivity contribution >= 4 is 11.0 Å². The van der Waals surface area contributed by atoms with Crippen LogP contribution in [-0.4, -0.2) is 6.04 Å². The summed E-state index contributed by atoms with van der Waals surface area (Å²) in [6, 6.07) is 9.24. The van der Waals surface area contributed by atoms with Gasteiger partial charge in [0.25, 0.3) is 0 Å². The van der Waals surface area contributed by atoms with E-state index < -0.39 is 0 Å². The maximum atomic E-state index is 6.11. The van der Waals surface area contributed by atoms with Crippen molar-refractivity contribution in [2.75, 3.05) is 0 Å². The molecule has 1 N–H and O–H groups in total. The summed E-state index contributed by atoms with van der Waals surface area (Å²) < 4.78 is 6.11. The van der Waals surface area contributed by atoms with Crippen LogP contribution in [0, 0.1) is 12.8 Å². The lowest BCUT2D eigenvalue weighted by Crippen LogP contribution is -2.36. The normalized spacial score (nSPS) is 24.9. The Hall–Kier alpha value is -1.28. The minimum Gasteiger partial charge on any atom is -0.459 e. The molecule has 1 aromatic heterocycles. The van der Waals surface area contributed by atoms with Gasteiger partial charge in [-0.05, 0) is 44.2 Å². The zero-order chi connectivity index (χ0) is 14.8. The molecule has 1 aliphatic rings. The fourth-order valence-electron chi connectivity index (χ4n) is 3.74. The van der Waals surface area contributed by atoms with E-state index in [0.717, 1.165) is 17.3 Å². The van der Waals surface area contributed by atoms with Gasteiger partial charge >= 0.3 is 0 Å². The quantitative estimate of drug-likeness (QED) is 0.768. The lowest BCUT2D eigenvalue weighted by molar-refractivity contribution is 0.311. The molecule has 1 aromatic carbocycles. The van der Waals surface area contributed by atoms with Crippen molar-refractivity contribution in [1.82, 2.24) is 5.32 Å². The lowest BCUT2D eigenvalue weighted by atomic mass is 9.95. The highest BCUT2D eigenvalue weighted by atomic mass is 16.3. The smallest absolute Gasteiger partial charge is 0.134 e. The second-order valence-electron chi connectivity index (χ2n) is 6.70. The number of rotatable bonds is 3. The summed E-state index contributed by atoms with van der Waals surface area (Å²) in [5, 5.41) is 5.08. The van der Waals surface area contributed by atoms with E-state index in [-0.39, 0.29) is 6.04 Å². The van der Waals surface area contributed by atoms with Crippen molar-refractivity contribution < 1.29 is 4.42 Å². The summed E-state index contributed by atoms with van der Waals surface area (Å²) in [4.78, 5) is 0. The van der Waals surface area contributed by atoms with Crippen molar-refractivity contribution in [3.8, 4) is 0 Å². The van der Waals surface area contributed by atoms with Gasteiger partial charge in [0.2, 0.25) is 0 Å². The van der Waals surface area contributed by atoms with Crippen LogP contribution in [0.25, 0.3) is 11.0 Å². The second kappa shape index (κ2) is 6.23. The largest absolute Gasteiger partial charge is 0.459 e. The molecular formula is C19H27NO. The second-order valence-corrected chi connectivity index (χ2v) is 6.70. The molecule has 2 nitrogen and oxygen atoms in total. The highest BCUT2D eigenvalue weighted by Gasteiger charge is 2.24. The Morgan fingerprint density at radius 2 is 1.90 bits per heavy atom. The zero-order valence-electron chi connectivity index (χ0n) is 13.5. The molecule has 2 heteroatoms. The Morgan fingerprint density at radius 3 is 2.71 bits per heavy atom. The number of aryl methyl sites for hydroxylation is 1. The van der Waals surface area contributed by atoms with E-state index in [4.69, 9.17) is 4.42 Å². The van der Waals surface area contributed by atoms with Crippen LogP contribution in [0.2, 0.25) is 0 Å². The molecule has 21 heavy (non-hydrogen) atoms. The Kier molecular flexibility index (Phi) is 4.34. The van der Waals surface area contributed by atoms with Crippen LogP contribution < -0.4 is 5.32 Å². The first-order valence-corrected chi connectivity index (χ1v) is 8.41. The van der Waals surface area contributed by atoms with Crippen LogP contribution >= 0.6 is 0 Å². The lowest BCUT2D eigenvalue weighted by Gasteiger charge is -2.26. The highest BCUT2D eigenvalue weighted by Crippen LogP contribution is 2.31. The van der Waals surface area contributed by atoms with Crippen molar-refractivity contribution in [2.45, 2.75) is 65.0 Å². The third kappa shape index (κ3) is 3.01. The average molecular weight is 285 g/mol. The summed E-state index contributed by atoms with van der Waals surface area (Å²) in [5.41, 5.74) is 2.29. The standard InChI is InChI=1S/C19H27NO/c1-13-9-5-4-6-11-17(13)20-15(3)19-14(2)16-10-7-8-12-18(16)21-19/h7-8,10,12-13,15,17,20H,4-6,9,11H2,1-3H3. The summed E-state index contributed by atoms with van der Waals surface area (Å²) in [7, 11) is 0. The van der Waals surface area contributed by atoms with Crippen molar-refractivity contribution in [3.63, 3.8) is 0 Å². The van der Waals surface area contributed by atoms with Crippen LogP contribution in [0.5, 0.6) is 0 Å². The maximum absolute atomic E-state index is 6.11. The van der Waals surface area contributed by atoms with Crippen molar-refractivity contribution in [3.05, 3.63) is 35.6 Å². The summed E-state index contributed by atoms with van der Waals surface area (Å²) >= 11 is 0. The van der Waals surface area contributed by atoms with Gasteiger partial charge in [-0.15, -0.1) is 0 Å². The first kappa shape index (κ1) is 14.6. The van der Waals surface area contributed by atoms with Gasteiger partial charge in [-0.1, -0.05) is 44.4 Å². The molecule has 3 unspecified atom stereocenters. The summed E-state index contributed by atoms with van der Waals surface area (Å²) in [5.74, 6) is 1.87. The maximum Gasteiger partial charge on any atom is 0.134 e. The molecule has 0 aliphatic heterocycles. The molecule has 0 bridgehead atoms. The van der Waals surface area contributed by atoms with E-state index in [2.05, 4.69) is 44.3 Å². The predicted molar refractivity (Wildman–Crippen MR) is 88.5 cm³/mol. The Bertz CT molecular complexity index is 601. The molecular weight excluding hydrogens is 258 g/mol. The number of benzene rings is 1. The molecule has 1 heterocycles. The first-order valence-electron chi connectivity index (χ1n) is 8.41. The number of hydrogen-bond donors (Lipinski definition) is 1. The molecule has 0 spiro atoms. The van der Waals surface area contributed by atoms with E-state index in [1.807, 2.05) is 6.07 Å². The molecule has 1 aliphatic carbocycles. The van der Waals surface area contributed by atoms with E-state index in [1.165, 1.54) is 43.1 Å². The van der Waals surface area contributed by atoms with Crippen LogP contribution in [0.15, 0.2) is 28.7 Å². The first-order chi connectivity index (χ1) is 10.2. The fraction of sp³-hybridized carbons (Fsp3) is 0.579. The number of nitrogens with one attached hydrogen (secondary N) is 1. The van der Waals surface area contributed by atoms with Gasteiger partial charge in [0.05, 0.1) is 6.04 Å². The SMILES string of the molecule is Cc1c(C(C)NC2CCCCCC2C)oc2ccccc12. The summed E-state index contributed by atoms with van der Waals surface area (Å²) in [6.45, 7) is 6.80. The Labute approximate surface area is 127 Å². The molecule has 0 radical (unpaired) electrons. The van der Waals surface area contributed by atoms with Crippen LogP contribution in [0.1, 0.15) is 63.3 Å². The van der Waals surface area contributed by atoms with Crippen molar-refractivity contribution in [1.29, 1.82) is 0 Å². The predicted octanol–water partition coefficient (Wildman–Crippen LogP) is 5.36. The minimum atomic E-state index is 0.281. The Balaban J connectivity index is 1.80. The van der Waals surface area contributed by atoms with Gasteiger partial charge in [0.1, 0.15) is 11.3 Å². The van der Waals surface area contributed by atoms with Crippen LogP contribution in [0.3, 0.4) is 0 Å². The van der Waals surface area contributed by atoms with Gasteiger partial charge in [-0.3, -0.25) is 0 Å². The van der Waals surface area contributed by atoms with Gasteiger partial charge in [0, 0.05) is 11.4 Å². The third-order valence-electron chi connectivity index (χ3n) is 5.10. The number of hydrogen-bond acceptors (Lipinski definition) is 2. The topological polar surface area (TPSA) is 25.2 Å². The summed E-state index contributed by atoms with van der Waals surface area (Å²) in [6.07, 6.45) is 6.78. The number of furan rings is 1. The van der Waals surface area contributed by atoms with Crippen LogP contribution in [0.4, 0.5) is 0 Å². The molecule has 0 saturated heterocycles. The molecule has 3 atom stereocenters. The molecule has 1 fully saturated rings. The van der Waals surface area contributed by atoms with Gasteiger partial charge < -0.3 is 9.73 Å². The van der Waals surface area contributed by atoms with Crippen LogP contribution in [-0.2, 0) is 0 Å². The van der Waals surface area contributed by atoms with Gasteiger partial charge in [0.15, 0.2) is 0 Å². The third-order valence-corrected chi connectivity index (χ3v) is 5.10. The monoisotopic (exact) mass is 285 g/mol. The van der Waals surface area contributed by atoms with Gasteiger partial charge in [-0.2, -0.15) is 0 Å². The molecule has 1 saturated carbocycles. The zero-order valence-corrected chi connectivity index (χ0v) is 13.5. The number of fused-ring (bicyclic) bond motifs is 1. The molecule has 0 amide bonds. The number of para-hydroxylation sites is 1. The fourth-order valence-corrected chi connectivity index (χ4v) is 3.74. The molecule has 3 rings (SSSR count). The molecule has 2 aromatic rings. The van der Waals surface area contributed by atoms with E-state index in [1.54, 1.807) is 0 Å². The van der Waals surface area contributed by atoms with E-state index in [0.29, 0.717) is 6.04 Å². The minimum absolute atomic E-state index is 0.281. The van der Waals surface area contributed by atoms with E-state index in [9.17, 15) is 0 Å². The highest BCUT2D eigenvalue weighted by molar-refractivity contribution is 5.82. The Morgan fingerprint density at radius 1 is 1.14 bits per heavy atom. The average Bonchev–Trinajstić information content (AvgIpc) is 2.69. The van der Waals surface area contributed by atoms with E-state index >= 15 is 0 Å². The van der Waals surface area contributed by atoms with Crippen molar-refractivity contribution in [2.24, 2.45) is 5.92 Å².